The van der Waals surface area contributed by atoms with Gasteiger partial charge in [0.1, 0.15) is 0 Å². The van der Waals surface area contributed by atoms with Gasteiger partial charge in [-0.1, -0.05) is 0 Å². The second kappa shape index (κ2) is 95.0. The van der Waals surface area contributed by atoms with E-state index in [-0.39, 0.29) is 72.5 Å². The van der Waals surface area contributed by atoms with Crippen LogP contribution in [0.2, 0.25) is 0 Å². The molecule has 6 heavy (non-hydrogen) atoms. The predicted octanol–water partition coefficient (Wildman–Crippen LogP) is 1.80. The summed E-state index contributed by atoms with van der Waals surface area (Å²) in [4.78, 5) is 0. The van der Waals surface area contributed by atoms with Gasteiger partial charge in [0.15, 0.2) is 0 Å². The van der Waals surface area contributed by atoms with Crippen LogP contribution in [0, 0.1) is 29.7 Å². The molecule has 0 aliphatic carbocycles. The van der Waals surface area contributed by atoms with Crippen molar-refractivity contribution in [1.82, 2.24) is 0 Å². The Balaban J connectivity index is 0. The van der Waals surface area contributed by atoms with Crippen LogP contribution >= 0.6 is 0 Å². The molecule has 0 N–H and O–H groups in total. The molecule has 0 fully saturated rings. The van der Waals surface area contributed by atoms with Gasteiger partial charge in [-0.25, -0.2) is 0 Å². The van der Waals surface area contributed by atoms with Crippen LogP contribution < -0.4 is 0 Å². The van der Waals surface area contributed by atoms with Crippen molar-refractivity contribution in [3.05, 3.63) is 29.7 Å². The molecule has 0 bridgehead atoms. The first kappa shape index (κ1) is 154. The molecule has 0 aromatic rings. The van der Waals surface area contributed by atoms with Gasteiger partial charge in [-0.15, -0.1) is 0 Å². The fourth-order valence-corrected chi connectivity index (χ4v) is 0. The van der Waals surface area contributed by atoms with Gasteiger partial charge < -0.3 is 29.7 Å². The molecule has 0 radical (unpaired) electrons. The summed E-state index contributed by atoms with van der Waals surface area (Å²) in [6.07, 6.45) is 0. The van der Waals surface area contributed by atoms with E-state index < -0.39 is 0 Å². The minimum Gasteiger partial charge on any atom is -0.358 e. The summed E-state index contributed by atoms with van der Waals surface area (Å²) >= 11 is 0. The summed E-state index contributed by atoms with van der Waals surface area (Å²) in [6, 6.07) is 0. The fourth-order valence-electron chi connectivity index (χ4n) is 0. The summed E-state index contributed by atoms with van der Waals surface area (Å²) in [6.45, 7) is 0. The molecule has 0 unspecified atom stereocenters. The van der Waals surface area contributed by atoms with Crippen LogP contribution in [-0.4, -0.2) is 0 Å². The van der Waals surface area contributed by atoms with Crippen LogP contribution in [0.25, 0.3) is 0 Å². The molecule has 0 spiro atoms. The van der Waals surface area contributed by atoms with E-state index >= 15 is 0 Å². The Hall–Kier alpha value is 1.40. The van der Waals surface area contributed by atoms with Gasteiger partial charge in [0.2, 0.25) is 0 Å². The zero-order valence-electron chi connectivity index (χ0n) is 4.91. The van der Waals surface area contributed by atoms with Gasteiger partial charge in [-0.2, -0.15) is 0 Å². The maximum absolute atomic E-state index is 0. The average Bonchev–Trinajstić information content (AvgIpc) is 0. The van der Waals surface area contributed by atoms with E-state index in [4.69, 9.17) is 0 Å². The molecule has 0 atom stereocenters. The predicted molar refractivity (Wildman–Crippen MR) is 25.7 cm³/mol. The molecule has 0 nitrogen and oxygen atoms in total. The van der Waals surface area contributed by atoms with E-state index in [0.29, 0.717) is 0 Å². The maximum Gasteiger partial charge on any atom is 4.00 e. The molecular formula is C4H12TiW. The van der Waals surface area contributed by atoms with Gasteiger partial charge in [0.25, 0.3) is 0 Å². The molecule has 0 rings (SSSR count). The zero-order chi connectivity index (χ0) is 0. The minimum absolute atomic E-state index is 0. The molecule has 0 amide bonds. The smallest absolute Gasteiger partial charge is 0.358 e. The van der Waals surface area contributed by atoms with E-state index in [2.05, 4.69) is 0 Å². The van der Waals surface area contributed by atoms with Crippen molar-refractivity contribution in [3.63, 3.8) is 0 Å². The Morgan fingerprint density at radius 2 is 0.500 bits per heavy atom. The van der Waals surface area contributed by atoms with Gasteiger partial charge in [0.05, 0.1) is 0 Å². The van der Waals surface area contributed by atoms with E-state index in [9.17, 15) is 0 Å². The summed E-state index contributed by atoms with van der Waals surface area (Å²) in [7, 11) is 0. The van der Waals surface area contributed by atoms with Crippen LogP contribution in [0.1, 0.15) is 0 Å². The molecule has 0 aromatic carbocycles. The second-order valence-corrected chi connectivity index (χ2v) is 0. The van der Waals surface area contributed by atoms with Gasteiger partial charge >= 0.3 is 21.7 Å². The van der Waals surface area contributed by atoms with E-state index in [1.54, 1.807) is 0 Å². The Morgan fingerprint density at radius 3 is 0.500 bits per heavy atom. The van der Waals surface area contributed by atoms with Crippen molar-refractivity contribution < 1.29 is 42.8 Å². The Kier molecular flexibility index (Phi) is 2440. The second-order valence-electron chi connectivity index (χ2n) is 0. The molecule has 38 valence electrons. The topological polar surface area (TPSA) is 0 Å². The van der Waals surface area contributed by atoms with E-state index in [0.717, 1.165) is 0 Å². The molecule has 0 saturated heterocycles. The Morgan fingerprint density at radius 1 is 0.500 bits per heavy atom. The minimum atomic E-state index is 0. The van der Waals surface area contributed by atoms with Crippen LogP contribution in [0.4, 0.5) is 0 Å². The standard InChI is InChI=1S/4CH3.Ti.W/h4*1H3;;/q4*-1;+4;. The zero-order valence-corrected chi connectivity index (χ0v) is 9.40. The van der Waals surface area contributed by atoms with Gasteiger partial charge in [0, 0.05) is 21.1 Å². The normalized spacial score (nSPS) is 0. The molecule has 0 aromatic heterocycles. The van der Waals surface area contributed by atoms with Crippen molar-refractivity contribution in [3.8, 4) is 0 Å². The maximum atomic E-state index is 0. The molecule has 0 aliphatic heterocycles. The van der Waals surface area contributed by atoms with E-state index in [1.807, 2.05) is 0 Å². The third-order valence-electron chi connectivity index (χ3n) is 0. The third kappa shape index (κ3) is 53.2. The van der Waals surface area contributed by atoms with Crippen molar-refractivity contribution in [2.75, 3.05) is 0 Å². The van der Waals surface area contributed by atoms with Crippen LogP contribution in [0.15, 0.2) is 0 Å². The van der Waals surface area contributed by atoms with Crippen molar-refractivity contribution >= 4 is 0 Å². The largest absolute Gasteiger partial charge is 4.00 e. The monoisotopic (exact) mass is 292 g/mol. The Bertz CT molecular complexity index is 7.51. The van der Waals surface area contributed by atoms with Gasteiger partial charge in [-0.3, -0.25) is 0 Å². The molecule has 2 heteroatoms. The SMILES string of the molecule is [CH3-].[CH3-].[CH3-].[CH3-].[Ti+4].[W]. The Labute approximate surface area is 72.2 Å². The molecular weight excluding hydrogens is 280 g/mol. The first-order valence-electron chi connectivity index (χ1n) is 0. The summed E-state index contributed by atoms with van der Waals surface area (Å²) in [5.74, 6) is 0. The molecule has 0 aliphatic rings. The number of rotatable bonds is 0. The van der Waals surface area contributed by atoms with E-state index in [1.165, 1.54) is 0 Å². The quantitative estimate of drug-likeness (QED) is 0.472. The van der Waals surface area contributed by atoms with Crippen LogP contribution in [0.5, 0.6) is 0 Å². The van der Waals surface area contributed by atoms with Crippen LogP contribution in [-0.2, 0) is 42.8 Å². The summed E-state index contributed by atoms with van der Waals surface area (Å²) < 4.78 is 0. The molecule has 0 heterocycles. The van der Waals surface area contributed by atoms with Gasteiger partial charge in [-0.05, 0) is 0 Å². The van der Waals surface area contributed by atoms with Crippen molar-refractivity contribution in [2.24, 2.45) is 0 Å². The van der Waals surface area contributed by atoms with Crippen LogP contribution in [0.3, 0.4) is 0 Å². The summed E-state index contributed by atoms with van der Waals surface area (Å²) in [5, 5.41) is 0. The first-order valence-corrected chi connectivity index (χ1v) is 0. The van der Waals surface area contributed by atoms with Crippen molar-refractivity contribution in [1.29, 1.82) is 0 Å². The summed E-state index contributed by atoms with van der Waals surface area (Å²) in [5.41, 5.74) is 0. The number of hydrogen-bond donors (Lipinski definition) is 0. The first-order chi connectivity index (χ1) is 0. The van der Waals surface area contributed by atoms with Crippen molar-refractivity contribution in [2.45, 2.75) is 0 Å². The third-order valence-corrected chi connectivity index (χ3v) is 0. The molecule has 0 saturated carbocycles. The number of hydrogen-bond acceptors (Lipinski definition) is 0. The average molecular weight is 292 g/mol. The fraction of sp³-hybridized carbons (Fsp3) is 0.